The fraction of sp³-hybridized carbons (Fsp3) is 0.500. The highest BCUT2D eigenvalue weighted by Crippen LogP contribution is 2.36. The number of aromatic nitrogens is 3. The Labute approximate surface area is 146 Å². The van der Waals surface area contributed by atoms with Gasteiger partial charge in [0, 0.05) is 12.0 Å². The molecule has 1 aliphatic rings. The second kappa shape index (κ2) is 7.31. The van der Waals surface area contributed by atoms with E-state index >= 15 is 0 Å². The molecule has 25 heavy (non-hydrogen) atoms. The largest absolute Gasteiger partial charge is 0.396 e. The van der Waals surface area contributed by atoms with Gasteiger partial charge in [-0.3, -0.25) is 4.79 Å². The first-order chi connectivity index (χ1) is 12.0. The lowest BCUT2D eigenvalue weighted by Crippen LogP contribution is -2.38. The van der Waals surface area contributed by atoms with E-state index < -0.39 is 0 Å². The molecule has 1 fully saturated rings. The number of carbonyl (C=O) groups excluding carboxylic acids is 1. The minimum absolute atomic E-state index is 0.0868. The highest BCUT2D eigenvalue weighted by atomic mass is 19.1. The molecule has 0 atom stereocenters. The van der Waals surface area contributed by atoms with Crippen LogP contribution in [-0.2, 0) is 6.54 Å². The molecule has 1 saturated carbocycles. The zero-order valence-electron chi connectivity index (χ0n) is 14.3. The minimum Gasteiger partial charge on any atom is -0.396 e. The van der Waals surface area contributed by atoms with E-state index in [0.29, 0.717) is 18.8 Å². The van der Waals surface area contributed by atoms with Gasteiger partial charge in [0.25, 0.3) is 5.91 Å². The van der Waals surface area contributed by atoms with E-state index in [1.165, 1.54) is 12.1 Å². The summed E-state index contributed by atoms with van der Waals surface area (Å²) < 4.78 is 14.6. The minimum atomic E-state index is -0.288. The Hall–Kier alpha value is -2.28. The normalized spacial score (nSPS) is 16.1. The van der Waals surface area contributed by atoms with E-state index in [4.69, 9.17) is 0 Å². The number of nitrogens with zero attached hydrogens (tertiary/aromatic N) is 3. The maximum atomic E-state index is 13.0. The van der Waals surface area contributed by atoms with Crippen LogP contribution in [-0.4, -0.2) is 39.2 Å². The lowest BCUT2D eigenvalue weighted by atomic mass is 9.87. The predicted octanol–water partition coefficient (Wildman–Crippen LogP) is 2.06. The average molecular weight is 346 g/mol. The van der Waals surface area contributed by atoms with Crippen LogP contribution < -0.4 is 5.32 Å². The Kier molecular flexibility index (Phi) is 5.13. The van der Waals surface area contributed by atoms with Crippen molar-refractivity contribution in [2.75, 3.05) is 13.2 Å². The lowest BCUT2D eigenvalue weighted by molar-refractivity contribution is 0.0875. The Morgan fingerprint density at radius 3 is 2.64 bits per heavy atom. The first-order valence-corrected chi connectivity index (χ1v) is 8.57. The number of carbonyl (C=O) groups is 1. The number of benzene rings is 1. The molecular formula is C18H23FN4O2. The summed E-state index contributed by atoms with van der Waals surface area (Å²) in [6, 6.07) is 6.15. The third kappa shape index (κ3) is 3.87. The summed E-state index contributed by atoms with van der Waals surface area (Å²) in [7, 11) is 0. The molecule has 0 aliphatic heterocycles. The topological polar surface area (TPSA) is 80.0 Å². The molecule has 0 spiro atoms. The summed E-state index contributed by atoms with van der Waals surface area (Å²) in [4.78, 5) is 12.4. The van der Waals surface area contributed by atoms with Crippen LogP contribution in [0, 0.1) is 18.2 Å². The molecule has 1 heterocycles. The summed E-state index contributed by atoms with van der Waals surface area (Å²) >= 11 is 0. The molecule has 0 unspecified atom stereocenters. The van der Waals surface area contributed by atoms with Gasteiger partial charge < -0.3 is 10.4 Å². The summed E-state index contributed by atoms with van der Waals surface area (Å²) in [5.41, 5.74) is 1.62. The summed E-state index contributed by atoms with van der Waals surface area (Å²) in [6.07, 6.45) is 4.03. The van der Waals surface area contributed by atoms with E-state index in [1.54, 1.807) is 23.7 Å². The standard InChI is InChI=1S/C18H23FN4O2/c1-13-16(17(25)20-11-18(12-24)8-2-3-9-18)21-22-23(13)10-14-4-6-15(19)7-5-14/h4-7,24H,2-3,8-12H2,1H3,(H,20,25). The Morgan fingerprint density at radius 2 is 2.00 bits per heavy atom. The summed E-state index contributed by atoms with van der Waals surface area (Å²) in [5, 5.41) is 20.5. The van der Waals surface area contributed by atoms with Crippen LogP contribution in [0.3, 0.4) is 0 Å². The maximum Gasteiger partial charge on any atom is 0.273 e. The van der Waals surface area contributed by atoms with Crippen molar-refractivity contribution in [1.82, 2.24) is 20.3 Å². The molecule has 7 heteroatoms. The Bertz CT molecular complexity index is 736. The molecule has 1 aliphatic carbocycles. The van der Waals surface area contributed by atoms with Crippen molar-refractivity contribution < 1.29 is 14.3 Å². The van der Waals surface area contributed by atoms with Crippen molar-refractivity contribution in [3.8, 4) is 0 Å². The van der Waals surface area contributed by atoms with Gasteiger partial charge in [-0.1, -0.05) is 30.2 Å². The van der Waals surface area contributed by atoms with E-state index in [2.05, 4.69) is 15.6 Å². The zero-order chi connectivity index (χ0) is 17.9. The molecule has 1 aromatic carbocycles. The molecular weight excluding hydrogens is 323 g/mol. The van der Waals surface area contributed by atoms with Gasteiger partial charge in [0.1, 0.15) is 5.82 Å². The number of hydrogen-bond donors (Lipinski definition) is 2. The van der Waals surface area contributed by atoms with Gasteiger partial charge in [0.15, 0.2) is 5.69 Å². The van der Waals surface area contributed by atoms with Gasteiger partial charge in [-0.25, -0.2) is 9.07 Å². The van der Waals surface area contributed by atoms with Crippen molar-refractivity contribution in [3.05, 3.63) is 47.0 Å². The van der Waals surface area contributed by atoms with Crippen LogP contribution in [0.15, 0.2) is 24.3 Å². The fourth-order valence-corrected chi connectivity index (χ4v) is 3.35. The summed E-state index contributed by atoms with van der Waals surface area (Å²) in [5.74, 6) is -0.563. The van der Waals surface area contributed by atoms with E-state index in [0.717, 1.165) is 31.2 Å². The average Bonchev–Trinajstić information content (AvgIpc) is 3.23. The quantitative estimate of drug-likeness (QED) is 0.839. The molecule has 1 amide bonds. The van der Waals surface area contributed by atoms with Crippen LogP contribution in [0.2, 0.25) is 0 Å². The number of rotatable bonds is 6. The third-order valence-corrected chi connectivity index (χ3v) is 5.07. The molecule has 0 saturated heterocycles. The number of hydrogen-bond acceptors (Lipinski definition) is 4. The van der Waals surface area contributed by atoms with Gasteiger partial charge in [-0.15, -0.1) is 5.10 Å². The Balaban J connectivity index is 1.65. The second-order valence-electron chi connectivity index (χ2n) is 6.86. The van der Waals surface area contributed by atoms with Crippen molar-refractivity contribution in [2.45, 2.75) is 39.2 Å². The number of amides is 1. The van der Waals surface area contributed by atoms with Gasteiger partial charge in [-0.05, 0) is 37.5 Å². The van der Waals surface area contributed by atoms with Crippen molar-refractivity contribution in [1.29, 1.82) is 0 Å². The molecule has 0 radical (unpaired) electrons. The first kappa shape index (κ1) is 17.5. The first-order valence-electron chi connectivity index (χ1n) is 8.57. The fourth-order valence-electron chi connectivity index (χ4n) is 3.35. The monoisotopic (exact) mass is 346 g/mol. The smallest absolute Gasteiger partial charge is 0.273 e. The van der Waals surface area contributed by atoms with Crippen molar-refractivity contribution in [3.63, 3.8) is 0 Å². The molecule has 2 aromatic rings. The summed E-state index contributed by atoms with van der Waals surface area (Å²) in [6.45, 7) is 2.75. The molecule has 3 rings (SSSR count). The van der Waals surface area contributed by atoms with E-state index in [1.807, 2.05) is 0 Å². The van der Waals surface area contributed by atoms with E-state index in [-0.39, 0.29) is 29.4 Å². The van der Waals surface area contributed by atoms with Crippen LogP contribution in [0.1, 0.15) is 47.4 Å². The predicted molar refractivity (Wildman–Crippen MR) is 90.6 cm³/mol. The second-order valence-corrected chi connectivity index (χ2v) is 6.86. The number of halogens is 1. The van der Waals surface area contributed by atoms with Gasteiger partial charge >= 0.3 is 0 Å². The van der Waals surface area contributed by atoms with Crippen molar-refractivity contribution >= 4 is 5.91 Å². The number of nitrogens with one attached hydrogen (secondary N) is 1. The molecule has 134 valence electrons. The van der Waals surface area contributed by atoms with Gasteiger partial charge in [-0.2, -0.15) is 0 Å². The van der Waals surface area contributed by atoms with Crippen molar-refractivity contribution in [2.24, 2.45) is 5.41 Å². The van der Waals surface area contributed by atoms with Crippen LogP contribution in [0.4, 0.5) is 4.39 Å². The number of aliphatic hydroxyl groups is 1. The zero-order valence-corrected chi connectivity index (χ0v) is 14.3. The van der Waals surface area contributed by atoms with E-state index in [9.17, 15) is 14.3 Å². The highest BCUT2D eigenvalue weighted by molar-refractivity contribution is 5.93. The number of aliphatic hydroxyl groups excluding tert-OH is 1. The SMILES string of the molecule is Cc1c(C(=O)NCC2(CO)CCCC2)nnn1Cc1ccc(F)cc1. The van der Waals surface area contributed by atoms with Crippen LogP contribution in [0.5, 0.6) is 0 Å². The molecule has 2 N–H and O–H groups in total. The van der Waals surface area contributed by atoms with Gasteiger partial charge in [0.2, 0.25) is 0 Å². The van der Waals surface area contributed by atoms with Crippen LogP contribution >= 0.6 is 0 Å². The molecule has 0 bridgehead atoms. The maximum absolute atomic E-state index is 13.0. The molecule has 1 aromatic heterocycles. The third-order valence-electron chi connectivity index (χ3n) is 5.07. The highest BCUT2D eigenvalue weighted by Gasteiger charge is 2.34. The lowest BCUT2D eigenvalue weighted by Gasteiger charge is -2.26. The molecule has 6 nitrogen and oxygen atoms in total. The Morgan fingerprint density at radius 1 is 1.32 bits per heavy atom. The van der Waals surface area contributed by atoms with Gasteiger partial charge in [0.05, 0.1) is 18.8 Å². The van der Waals surface area contributed by atoms with Crippen LogP contribution in [0.25, 0.3) is 0 Å².